The molecular weight excluding hydrogens is 362 g/mol. The molecular formula is C19H21N5O2S. The van der Waals surface area contributed by atoms with Gasteiger partial charge in [-0.05, 0) is 36.4 Å². The van der Waals surface area contributed by atoms with Crippen LogP contribution in [0, 0.1) is 0 Å². The first-order chi connectivity index (χ1) is 13.2. The third-order valence-electron chi connectivity index (χ3n) is 4.80. The van der Waals surface area contributed by atoms with Crippen molar-refractivity contribution in [2.45, 2.75) is 25.5 Å². The van der Waals surface area contributed by atoms with E-state index in [4.69, 9.17) is 4.74 Å². The maximum absolute atomic E-state index is 13.1. The minimum atomic E-state index is -0.0681. The fourth-order valence-corrected chi connectivity index (χ4v) is 4.05. The monoisotopic (exact) mass is 383 g/mol. The van der Waals surface area contributed by atoms with Gasteiger partial charge >= 0.3 is 0 Å². The Hall–Kier alpha value is -2.58. The van der Waals surface area contributed by atoms with Crippen LogP contribution < -0.4 is 5.32 Å². The number of hydrogen-bond acceptors (Lipinski definition) is 7. The molecule has 3 aromatic rings. The molecule has 0 aromatic carbocycles. The highest BCUT2D eigenvalue weighted by Gasteiger charge is 2.29. The average Bonchev–Trinajstić information content (AvgIpc) is 3.36. The Kier molecular flexibility index (Phi) is 5.00. The Bertz CT molecular complexity index is 946. The number of hydrogen-bond donors (Lipinski definition) is 1. The van der Waals surface area contributed by atoms with Crippen molar-refractivity contribution in [2.75, 3.05) is 25.5 Å². The smallest absolute Gasteiger partial charge is 0.274 e. The lowest BCUT2D eigenvalue weighted by molar-refractivity contribution is 0.0721. The molecule has 2 atom stereocenters. The van der Waals surface area contributed by atoms with Crippen molar-refractivity contribution in [3.05, 3.63) is 47.2 Å². The van der Waals surface area contributed by atoms with E-state index in [1.165, 1.54) is 11.3 Å². The van der Waals surface area contributed by atoms with Crippen molar-refractivity contribution >= 4 is 33.4 Å². The minimum Gasteiger partial charge on any atom is -0.380 e. The molecule has 8 heteroatoms. The first-order valence-electron chi connectivity index (χ1n) is 8.89. The summed E-state index contributed by atoms with van der Waals surface area (Å²) in [5.74, 6) is 0.379. The Morgan fingerprint density at radius 1 is 1.41 bits per heavy atom. The van der Waals surface area contributed by atoms with E-state index in [0.717, 1.165) is 22.2 Å². The van der Waals surface area contributed by atoms with Gasteiger partial charge in [-0.1, -0.05) is 6.07 Å². The summed E-state index contributed by atoms with van der Waals surface area (Å²) in [6, 6.07) is 5.78. The standard InChI is InChI=1S/C19H21N5O2S/c1-12(13-4-3-7-20-10-13)21-19-22-15-6-9-27-17(15)16(23-19)18(25)24-8-5-14(11-24)26-2/h3-4,6-7,9-10,12,14H,5,8,11H2,1-2H3,(H,21,22,23)/t12?,14-/m0/s1. The maximum atomic E-state index is 13.1. The minimum absolute atomic E-state index is 0.0256. The highest BCUT2D eigenvalue weighted by atomic mass is 32.1. The number of nitrogens with zero attached hydrogens (tertiary/aromatic N) is 4. The Morgan fingerprint density at radius 3 is 3.04 bits per heavy atom. The third-order valence-corrected chi connectivity index (χ3v) is 5.71. The van der Waals surface area contributed by atoms with Crippen LogP contribution >= 0.6 is 11.3 Å². The van der Waals surface area contributed by atoms with E-state index in [0.29, 0.717) is 24.7 Å². The van der Waals surface area contributed by atoms with Gasteiger partial charge in [-0.25, -0.2) is 9.97 Å². The second-order valence-corrected chi connectivity index (χ2v) is 7.50. The van der Waals surface area contributed by atoms with E-state index in [9.17, 15) is 4.79 Å². The van der Waals surface area contributed by atoms with Crippen molar-refractivity contribution in [1.82, 2.24) is 19.9 Å². The van der Waals surface area contributed by atoms with E-state index in [2.05, 4.69) is 20.3 Å². The molecule has 1 aliphatic heterocycles. The molecule has 140 valence electrons. The molecule has 4 heterocycles. The van der Waals surface area contributed by atoms with E-state index in [1.807, 2.05) is 41.6 Å². The van der Waals surface area contributed by atoms with Gasteiger partial charge in [0.25, 0.3) is 5.91 Å². The number of nitrogens with one attached hydrogen (secondary N) is 1. The largest absolute Gasteiger partial charge is 0.380 e. The number of methoxy groups -OCH3 is 1. The van der Waals surface area contributed by atoms with Crippen molar-refractivity contribution in [3.63, 3.8) is 0 Å². The number of likely N-dealkylation sites (tertiary alicyclic amines) is 1. The van der Waals surface area contributed by atoms with Gasteiger partial charge in [0, 0.05) is 32.6 Å². The van der Waals surface area contributed by atoms with E-state index in [1.54, 1.807) is 13.3 Å². The van der Waals surface area contributed by atoms with Crippen molar-refractivity contribution in [1.29, 1.82) is 0 Å². The Morgan fingerprint density at radius 2 is 2.30 bits per heavy atom. The fourth-order valence-electron chi connectivity index (χ4n) is 3.24. The summed E-state index contributed by atoms with van der Waals surface area (Å²) in [6.45, 7) is 3.30. The van der Waals surface area contributed by atoms with Crippen LogP contribution in [0.5, 0.6) is 0 Å². The fraction of sp³-hybridized carbons (Fsp3) is 0.368. The number of thiophene rings is 1. The van der Waals surface area contributed by atoms with Gasteiger partial charge in [-0.3, -0.25) is 9.78 Å². The van der Waals surface area contributed by atoms with Crippen LogP contribution in [0.25, 0.3) is 10.2 Å². The number of rotatable bonds is 5. The van der Waals surface area contributed by atoms with Gasteiger partial charge in [0.05, 0.1) is 22.4 Å². The first kappa shape index (κ1) is 17.8. The van der Waals surface area contributed by atoms with Crippen molar-refractivity contribution in [3.8, 4) is 0 Å². The number of carbonyl (C=O) groups excluding carboxylic acids is 1. The highest BCUT2D eigenvalue weighted by Crippen LogP contribution is 2.27. The molecule has 3 aromatic heterocycles. The molecule has 1 unspecified atom stereocenters. The van der Waals surface area contributed by atoms with Gasteiger partial charge in [-0.15, -0.1) is 11.3 Å². The lowest BCUT2D eigenvalue weighted by atomic mass is 10.1. The molecule has 4 rings (SSSR count). The normalized spacial score (nSPS) is 18.0. The van der Waals surface area contributed by atoms with Crippen LogP contribution in [0.4, 0.5) is 5.95 Å². The summed E-state index contributed by atoms with van der Waals surface area (Å²) in [4.78, 5) is 28.2. The topological polar surface area (TPSA) is 80.2 Å². The van der Waals surface area contributed by atoms with Crippen LogP contribution in [0.3, 0.4) is 0 Å². The second kappa shape index (κ2) is 7.58. The molecule has 0 spiro atoms. The van der Waals surface area contributed by atoms with Gasteiger partial charge < -0.3 is 15.0 Å². The predicted molar refractivity (Wildman–Crippen MR) is 105 cm³/mol. The molecule has 0 radical (unpaired) electrons. The number of anilines is 1. The summed E-state index contributed by atoms with van der Waals surface area (Å²) >= 11 is 1.49. The van der Waals surface area contributed by atoms with Gasteiger partial charge in [0.1, 0.15) is 0 Å². The molecule has 7 nitrogen and oxygen atoms in total. The summed E-state index contributed by atoms with van der Waals surface area (Å²) in [7, 11) is 1.68. The predicted octanol–water partition coefficient (Wildman–Crippen LogP) is 3.12. The summed E-state index contributed by atoms with van der Waals surface area (Å²) in [5, 5.41) is 5.23. The molecule has 1 N–H and O–H groups in total. The third kappa shape index (κ3) is 3.63. The SMILES string of the molecule is CO[C@H]1CCN(C(=O)c2nc(NC(C)c3cccnc3)nc3ccsc23)C1. The van der Waals surface area contributed by atoms with E-state index < -0.39 is 0 Å². The first-order valence-corrected chi connectivity index (χ1v) is 9.77. The molecule has 1 aliphatic rings. The quantitative estimate of drug-likeness (QED) is 0.729. The van der Waals surface area contributed by atoms with Gasteiger partial charge in [-0.2, -0.15) is 0 Å². The number of pyridine rings is 1. The number of carbonyl (C=O) groups is 1. The highest BCUT2D eigenvalue weighted by molar-refractivity contribution is 7.17. The van der Waals surface area contributed by atoms with Crippen molar-refractivity contribution < 1.29 is 9.53 Å². The number of aromatic nitrogens is 3. The van der Waals surface area contributed by atoms with Crippen LogP contribution in [0.2, 0.25) is 0 Å². The van der Waals surface area contributed by atoms with E-state index in [-0.39, 0.29) is 18.1 Å². The Balaban J connectivity index is 1.63. The zero-order valence-corrected chi connectivity index (χ0v) is 16.1. The lowest BCUT2D eigenvalue weighted by Gasteiger charge is -2.18. The van der Waals surface area contributed by atoms with Gasteiger partial charge in [0.2, 0.25) is 5.95 Å². The molecule has 1 saturated heterocycles. The maximum Gasteiger partial charge on any atom is 0.274 e. The number of amides is 1. The molecule has 27 heavy (non-hydrogen) atoms. The number of fused-ring (bicyclic) bond motifs is 1. The van der Waals surface area contributed by atoms with Crippen LogP contribution in [-0.4, -0.2) is 52.1 Å². The summed E-state index contributed by atoms with van der Waals surface area (Å²) < 4.78 is 6.20. The molecule has 0 bridgehead atoms. The average molecular weight is 383 g/mol. The number of ether oxygens (including phenoxy) is 1. The molecule has 1 amide bonds. The second-order valence-electron chi connectivity index (χ2n) is 6.58. The summed E-state index contributed by atoms with van der Waals surface area (Å²) in [5.41, 5.74) is 2.26. The zero-order chi connectivity index (χ0) is 18.8. The van der Waals surface area contributed by atoms with Crippen LogP contribution in [0.15, 0.2) is 36.0 Å². The Labute approximate surface area is 161 Å². The van der Waals surface area contributed by atoms with E-state index >= 15 is 0 Å². The van der Waals surface area contributed by atoms with Crippen molar-refractivity contribution in [2.24, 2.45) is 0 Å². The van der Waals surface area contributed by atoms with Gasteiger partial charge in [0.15, 0.2) is 5.69 Å². The van der Waals surface area contributed by atoms with Crippen LogP contribution in [0.1, 0.15) is 35.4 Å². The van der Waals surface area contributed by atoms with Crippen LogP contribution in [-0.2, 0) is 4.74 Å². The zero-order valence-electron chi connectivity index (χ0n) is 15.3. The molecule has 0 saturated carbocycles. The lowest BCUT2D eigenvalue weighted by Crippen LogP contribution is -2.31. The summed E-state index contributed by atoms with van der Waals surface area (Å²) in [6.07, 6.45) is 4.49. The molecule has 0 aliphatic carbocycles. The molecule has 1 fully saturated rings.